The zero-order valence-electron chi connectivity index (χ0n) is 48.7. The lowest BCUT2D eigenvalue weighted by molar-refractivity contribution is -0.346. The Morgan fingerprint density at radius 3 is 1.90 bits per heavy atom. The first-order valence-corrected chi connectivity index (χ1v) is 33.5. The van der Waals surface area contributed by atoms with E-state index in [0.29, 0.717) is 0 Å². The minimum absolute atomic E-state index is 0.00454. The fourth-order valence-electron chi connectivity index (χ4n) is 12.1. The van der Waals surface area contributed by atoms with Crippen molar-refractivity contribution in [3.05, 3.63) is 119 Å². The molecule has 1 amide bonds. The number of esters is 5. The molecule has 1 saturated heterocycles. The smallest absolute Gasteiger partial charge is 0.465 e. The number of hydrogen-bond acceptors (Lipinski definition) is 23. The summed E-state index contributed by atoms with van der Waals surface area (Å²) >= 11 is 0. The highest BCUT2D eigenvalue weighted by molar-refractivity contribution is 8.76. The van der Waals surface area contributed by atoms with Crippen LogP contribution in [0.25, 0.3) is 0 Å². The van der Waals surface area contributed by atoms with Gasteiger partial charge in [-0.15, -0.1) is 0 Å². The van der Waals surface area contributed by atoms with Crippen molar-refractivity contribution in [2.45, 2.75) is 139 Å². The lowest BCUT2D eigenvalue weighted by Crippen LogP contribution is -2.82. The van der Waals surface area contributed by atoms with Crippen LogP contribution in [0.3, 0.4) is 0 Å². The van der Waals surface area contributed by atoms with Crippen molar-refractivity contribution in [2.24, 2.45) is 16.7 Å². The van der Waals surface area contributed by atoms with Crippen molar-refractivity contribution in [1.29, 1.82) is 0 Å². The van der Waals surface area contributed by atoms with E-state index in [9.17, 15) is 72.8 Å². The number of aliphatic hydroxyl groups is 3. The fraction of sp³-hybridized carbons (Fsp3) is 0.517. The third-order valence-corrected chi connectivity index (χ3v) is 22.9. The van der Waals surface area contributed by atoms with Crippen molar-refractivity contribution in [2.75, 3.05) is 31.3 Å². The van der Waals surface area contributed by atoms with Gasteiger partial charge in [0.1, 0.15) is 43.2 Å². The molecule has 30 heteroatoms. The van der Waals surface area contributed by atoms with Crippen LogP contribution in [0.5, 0.6) is 0 Å². The molecule has 3 aromatic rings. The van der Waals surface area contributed by atoms with Gasteiger partial charge in [0, 0.05) is 55.6 Å². The summed E-state index contributed by atoms with van der Waals surface area (Å²) in [6.45, 7) is 7.11. The van der Waals surface area contributed by atoms with Crippen molar-refractivity contribution < 1.29 is 120 Å². The van der Waals surface area contributed by atoms with Gasteiger partial charge in [0.2, 0.25) is 6.10 Å². The molecule has 2 bridgehead atoms. The molecule has 2 saturated carbocycles. The number of carbonyl (C=O) groups excluding carboxylic acids is 8. The summed E-state index contributed by atoms with van der Waals surface area (Å²) in [6.07, 6.45) is -14.6. The largest absolute Gasteiger partial charge is 0.509 e. The number of amides is 1. The Hall–Kier alpha value is -6.00. The summed E-state index contributed by atoms with van der Waals surface area (Å²) in [5, 5.41) is 35.5. The van der Waals surface area contributed by atoms with Gasteiger partial charge in [-0.05, 0) is 74.1 Å². The van der Waals surface area contributed by atoms with Gasteiger partial charge < -0.3 is 78.1 Å². The number of nitrogens with one attached hydrogen (secondary N) is 1. The minimum Gasteiger partial charge on any atom is -0.465 e. The van der Waals surface area contributed by atoms with Crippen LogP contribution in [-0.2, 0) is 71.0 Å². The second-order valence-corrected chi connectivity index (χ2v) is 29.2. The highest BCUT2D eigenvalue weighted by Crippen LogP contribution is 2.69. The summed E-state index contributed by atoms with van der Waals surface area (Å²) in [4.78, 5) is 150. The Labute approximate surface area is 513 Å². The lowest BCUT2D eigenvalue weighted by atomic mass is 9.44. The number of hydrogen-bond donors (Lipinski definition) is 8. The van der Waals surface area contributed by atoms with Crippen molar-refractivity contribution in [3.63, 3.8) is 0 Å². The number of fused-ring (bicyclic) bond motifs is 5. The van der Waals surface area contributed by atoms with E-state index >= 15 is 9.59 Å². The van der Waals surface area contributed by atoms with Crippen LogP contribution in [0.1, 0.15) is 112 Å². The number of carbonyl (C=O) groups is 8. The SMILES string of the molecule is CC(=O)O[C@H]1C(=O)[C@@]2(C)[C@H]([C@H](OC(=O)c3ccccc3)[C@]3(O)CC(OC(=O)[C@H](OC(=O)OCCSSCCOC(=O)CCCCC(O)(P(=O)(O)O)P(=O)(O)O)[C@@H](NC(=O)c4ccccc4)c4ccccc4)C(C)=C1C3(C)C)[C@]1(OC(C)=O)CO[C@@H]1C[C@@H]2O. The summed E-state index contributed by atoms with van der Waals surface area (Å²) in [7, 11) is -8.94. The Morgan fingerprint density at radius 2 is 1.35 bits per heavy atom. The van der Waals surface area contributed by atoms with Crippen LogP contribution < -0.4 is 5.32 Å². The van der Waals surface area contributed by atoms with E-state index in [1.807, 2.05) is 0 Å². The zero-order chi connectivity index (χ0) is 64.8. The number of Topliss-reactive ketones (excluding diaryl/α,β-unsaturated/α-hetero) is 1. The van der Waals surface area contributed by atoms with Crippen LogP contribution in [-0.4, -0.2) is 167 Å². The van der Waals surface area contributed by atoms with Gasteiger partial charge in [0.05, 0.1) is 29.6 Å². The third-order valence-electron chi connectivity index (χ3n) is 16.7. The first kappa shape index (κ1) is 69.5. The predicted molar refractivity (Wildman–Crippen MR) is 311 cm³/mol. The first-order valence-electron chi connectivity index (χ1n) is 27.8. The molecule has 1 unspecified atom stereocenters. The van der Waals surface area contributed by atoms with E-state index in [1.165, 1.54) is 85.7 Å². The number of aliphatic hydroxyl groups excluding tert-OH is 1. The maximum atomic E-state index is 15.8. The summed E-state index contributed by atoms with van der Waals surface area (Å²) < 4.78 is 70.4. The number of ether oxygens (including phenoxy) is 8. The van der Waals surface area contributed by atoms with E-state index in [0.717, 1.165) is 13.8 Å². The van der Waals surface area contributed by atoms with Crippen LogP contribution in [0, 0.1) is 16.7 Å². The maximum Gasteiger partial charge on any atom is 0.509 e. The molecule has 480 valence electrons. The Bertz CT molecular complexity index is 3190. The van der Waals surface area contributed by atoms with E-state index < -0.39 is 158 Å². The van der Waals surface area contributed by atoms with Crippen molar-refractivity contribution >= 4 is 84.5 Å². The van der Waals surface area contributed by atoms with Gasteiger partial charge in [-0.1, -0.05) is 102 Å². The van der Waals surface area contributed by atoms with Gasteiger partial charge in [-0.2, -0.15) is 0 Å². The molecule has 0 spiro atoms. The van der Waals surface area contributed by atoms with E-state index in [2.05, 4.69) is 5.32 Å². The molecule has 8 N–H and O–H groups in total. The molecule has 1 heterocycles. The molecule has 7 rings (SSSR count). The maximum absolute atomic E-state index is 15.8. The average Bonchev–Trinajstić information content (AvgIpc) is 0.678. The highest BCUT2D eigenvalue weighted by atomic mass is 33.1. The number of benzene rings is 3. The van der Waals surface area contributed by atoms with E-state index in [4.69, 9.17) is 37.9 Å². The minimum atomic E-state index is -5.65. The second kappa shape index (κ2) is 28.0. The molecule has 3 fully saturated rings. The lowest BCUT2D eigenvalue weighted by Gasteiger charge is -2.67. The van der Waals surface area contributed by atoms with Crippen molar-refractivity contribution in [3.8, 4) is 0 Å². The fourth-order valence-corrected chi connectivity index (χ4v) is 16.0. The van der Waals surface area contributed by atoms with Gasteiger partial charge in [0.25, 0.3) is 11.0 Å². The molecule has 88 heavy (non-hydrogen) atoms. The molecular formula is C58H71NO25P2S2. The second-order valence-electron chi connectivity index (χ2n) is 22.5. The van der Waals surface area contributed by atoms with Gasteiger partial charge in [0.15, 0.2) is 17.5 Å². The number of ketones is 1. The van der Waals surface area contributed by atoms with Crippen LogP contribution in [0.2, 0.25) is 0 Å². The molecule has 11 atom stereocenters. The Morgan fingerprint density at radius 1 is 0.784 bits per heavy atom. The number of unbranched alkanes of at least 4 members (excludes halogenated alkanes) is 1. The molecule has 26 nitrogen and oxygen atoms in total. The average molecular weight is 1310 g/mol. The molecule has 4 aliphatic rings. The molecule has 0 aromatic heterocycles. The number of rotatable bonds is 25. The quantitative estimate of drug-likeness (QED) is 0.0132. The normalized spacial score (nSPS) is 26.4. The zero-order valence-corrected chi connectivity index (χ0v) is 52.2. The summed E-state index contributed by atoms with van der Waals surface area (Å²) in [5.74, 6) is -7.95. The van der Waals surface area contributed by atoms with E-state index in [-0.39, 0.29) is 78.2 Å². The molecule has 3 aromatic carbocycles. The third kappa shape index (κ3) is 14.4. The Kier molecular flexibility index (Phi) is 22.1. The van der Waals surface area contributed by atoms with Crippen LogP contribution in [0.4, 0.5) is 4.79 Å². The standard InChI is InChI=1S/C58H71NO25P2S2/c1-33-39(31-57(69)49(83-51(66)38-22-14-9-15-23-38)47-55(6,40(62)30-41-56(47,32-79-41)84-35(3)61)48(64)45(80-34(2)60)43(33)54(57,4)5)81-52(67)46(44(36-18-10-7-11-19-36)59-50(65)37-20-12-8-13-21-37)82-53(68)78-27-29-88-87-28-26-77-42(63)24-16-17-25-58(70,85(71,72)73)86(74,75)76/h7-15,18-23,39-41,44-47,49,62,69-70H,16-17,24-32H2,1-6H3,(H,59,65)(H2,71,72,73)(H2,74,75,76)/t39?,40-,41+,44-,45+,46+,47-,49-,55+,56-,57+/m0/s1. The van der Waals surface area contributed by atoms with E-state index in [1.54, 1.807) is 54.6 Å². The first-order chi connectivity index (χ1) is 41.2. The highest BCUT2D eigenvalue weighted by Gasteiger charge is 2.78. The Balaban J connectivity index is 1.17. The summed E-state index contributed by atoms with van der Waals surface area (Å²) in [5.41, 5.74) is -8.11. The predicted octanol–water partition coefficient (Wildman–Crippen LogP) is 5.38. The molecule has 3 aliphatic carbocycles. The van der Waals surface area contributed by atoms with Crippen molar-refractivity contribution in [1.82, 2.24) is 5.32 Å². The topological polar surface area (TPSA) is 398 Å². The van der Waals surface area contributed by atoms with Crippen LogP contribution >= 0.6 is 36.8 Å². The molecular weight excluding hydrogens is 1240 g/mol. The van der Waals surface area contributed by atoms with Gasteiger partial charge in [-0.25, -0.2) is 14.4 Å². The monoisotopic (exact) mass is 1310 g/mol. The van der Waals surface area contributed by atoms with Gasteiger partial charge >= 0.3 is 51.2 Å². The van der Waals surface area contributed by atoms with Crippen LogP contribution in [0.15, 0.2) is 102 Å². The molecule has 1 aliphatic heterocycles. The van der Waals surface area contributed by atoms with Gasteiger partial charge in [-0.3, -0.25) is 33.1 Å². The molecule has 0 radical (unpaired) electrons. The summed E-state index contributed by atoms with van der Waals surface area (Å²) in [6, 6.07) is 21.8.